The molecule has 1 aromatic carbocycles. The highest BCUT2D eigenvalue weighted by Gasteiger charge is 2.17. The average Bonchev–Trinajstić information content (AvgIpc) is 3.29. The zero-order chi connectivity index (χ0) is 20.9. The maximum Gasteiger partial charge on any atom is 0.235 e. The second-order valence-electron chi connectivity index (χ2n) is 6.75. The van der Waals surface area contributed by atoms with Gasteiger partial charge in [-0.2, -0.15) is 5.10 Å². The Hall–Kier alpha value is -3.46. The molecule has 3 aromatic heterocycles. The molecule has 0 radical (unpaired) electrons. The van der Waals surface area contributed by atoms with Gasteiger partial charge in [0, 0.05) is 31.1 Å². The van der Waals surface area contributed by atoms with E-state index < -0.39 is 0 Å². The molecule has 152 valence electrons. The molecule has 0 spiro atoms. The van der Waals surface area contributed by atoms with Crippen molar-refractivity contribution in [2.24, 2.45) is 7.05 Å². The summed E-state index contributed by atoms with van der Waals surface area (Å²) in [7, 11) is 1.80. The van der Waals surface area contributed by atoms with Gasteiger partial charge in [-0.05, 0) is 24.6 Å². The normalized spacial score (nSPS) is 10.9. The number of nitrogens with one attached hydrogen (secondary N) is 1. The quantitative estimate of drug-likeness (QED) is 0.463. The Morgan fingerprint density at radius 1 is 1.13 bits per heavy atom. The Morgan fingerprint density at radius 3 is 2.67 bits per heavy atom. The Morgan fingerprint density at radius 2 is 1.97 bits per heavy atom. The summed E-state index contributed by atoms with van der Waals surface area (Å²) in [5.41, 5.74) is 2.85. The minimum absolute atomic E-state index is 0.125. The van der Waals surface area contributed by atoms with E-state index in [0.717, 1.165) is 22.6 Å². The van der Waals surface area contributed by atoms with Crippen molar-refractivity contribution in [1.29, 1.82) is 0 Å². The van der Waals surface area contributed by atoms with E-state index in [0.29, 0.717) is 17.5 Å². The number of amides is 1. The highest BCUT2D eigenvalue weighted by molar-refractivity contribution is 7.99. The number of pyridine rings is 1. The number of thioether (sulfide) groups is 1. The lowest BCUT2D eigenvalue weighted by Crippen LogP contribution is -2.17. The monoisotopic (exact) mass is 419 g/mol. The SMILES string of the molecule is Cc1cc(NC(=O)CSc2nnc(-c3cccnc3)n2Cc2ccccc2)n(C)n1. The zero-order valence-corrected chi connectivity index (χ0v) is 17.5. The highest BCUT2D eigenvalue weighted by atomic mass is 32.2. The Labute approximate surface area is 178 Å². The second-order valence-corrected chi connectivity index (χ2v) is 7.69. The van der Waals surface area contributed by atoms with Gasteiger partial charge in [-0.15, -0.1) is 10.2 Å². The van der Waals surface area contributed by atoms with Gasteiger partial charge in [0.15, 0.2) is 11.0 Å². The van der Waals surface area contributed by atoms with Gasteiger partial charge in [-0.25, -0.2) is 0 Å². The number of benzene rings is 1. The third-order valence-corrected chi connectivity index (χ3v) is 5.39. The van der Waals surface area contributed by atoms with E-state index in [4.69, 9.17) is 0 Å². The number of rotatable bonds is 7. The molecule has 0 aliphatic rings. The van der Waals surface area contributed by atoms with Crippen molar-refractivity contribution in [3.8, 4) is 11.4 Å². The van der Waals surface area contributed by atoms with Crippen LogP contribution in [0.25, 0.3) is 11.4 Å². The van der Waals surface area contributed by atoms with E-state index in [2.05, 4.69) is 37.7 Å². The number of aromatic nitrogens is 6. The fourth-order valence-corrected chi connectivity index (χ4v) is 3.79. The zero-order valence-electron chi connectivity index (χ0n) is 16.7. The molecule has 30 heavy (non-hydrogen) atoms. The van der Waals surface area contributed by atoms with E-state index >= 15 is 0 Å². The van der Waals surface area contributed by atoms with E-state index in [1.807, 2.05) is 47.9 Å². The van der Waals surface area contributed by atoms with Crippen LogP contribution in [0.15, 0.2) is 66.1 Å². The van der Waals surface area contributed by atoms with Crippen molar-refractivity contribution in [1.82, 2.24) is 29.5 Å². The van der Waals surface area contributed by atoms with Crippen LogP contribution in [0, 0.1) is 6.92 Å². The van der Waals surface area contributed by atoms with Crippen LogP contribution in [0.1, 0.15) is 11.3 Å². The van der Waals surface area contributed by atoms with Gasteiger partial charge in [0.25, 0.3) is 0 Å². The standard InChI is InChI=1S/C21H21N7OS/c1-15-11-18(27(2)26-15)23-19(29)14-30-21-25-24-20(17-9-6-10-22-12-17)28(21)13-16-7-4-3-5-8-16/h3-12H,13-14H2,1-2H3,(H,23,29). The van der Waals surface area contributed by atoms with Gasteiger partial charge in [0.1, 0.15) is 5.82 Å². The number of hydrogen-bond donors (Lipinski definition) is 1. The summed E-state index contributed by atoms with van der Waals surface area (Å²) in [5.74, 6) is 1.47. The van der Waals surface area contributed by atoms with E-state index in [9.17, 15) is 4.79 Å². The van der Waals surface area contributed by atoms with Crippen molar-refractivity contribution in [2.45, 2.75) is 18.6 Å². The summed E-state index contributed by atoms with van der Waals surface area (Å²) in [6.45, 7) is 2.49. The van der Waals surface area contributed by atoms with E-state index in [1.54, 1.807) is 24.1 Å². The molecule has 0 aliphatic heterocycles. The molecule has 3 heterocycles. The van der Waals surface area contributed by atoms with E-state index in [-0.39, 0.29) is 11.7 Å². The number of anilines is 1. The summed E-state index contributed by atoms with van der Waals surface area (Å²) in [6, 6.07) is 15.7. The smallest absolute Gasteiger partial charge is 0.235 e. The number of nitrogens with zero attached hydrogens (tertiary/aromatic N) is 6. The predicted molar refractivity (Wildman–Crippen MR) is 116 cm³/mol. The molecule has 1 N–H and O–H groups in total. The molecular weight excluding hydrogens is 398 g/mol. The number of carbonyl (C=O) groups is 1. The van der Waals surface area contributed by atoms with Crippen molar-refractivity contribution in [2.75, 3.05) is 11.1 Å². The topological polar surface area (TPSA) is 90.5 Å². The highest BCUT2D eigenvalue weighted by Crippen LogP contribution is 2.25. The first kappa shape index (κ1) is 19.8. The van der Waals surface area contributed by atoms with Crippen molar-refractivity contribution >= 4 is 23.5 Å². The number of aryl methyl sites for hydroxylation is 2. The molecule has 9 heteroatoms. The minimum Gasteiger partial charge on any atom is -0.310 e. The maximum absolute atomic E-state index is 12.5. The summed E-state index contributed by atoms with van der Waals surface area (Å²) in [5, 5.41) is 16.5. The Bertz CT molecular complexity index is 1140. The van der Waals surface area contributed by atoms with Crippen LogP contribution in [-0.4, -0.2) is 41.2 Å². The van der Waals surface area contributed by atoms with Crippen molar-refractivity contribution in [3.05, 3.63) is 72.2 Å². The van der Waals surface area contributed by atoms with Crippen LogP contribution in [-0.2, 0) is 18.4 Å². The fraction of sp³-hybridized carbons (Fsp3) is 0.190. The largest absolute Gasteiger partial charge is 0.310 e. The molecule has 0 bridgehead atoms. The third-order valence-electron chi connectivity index (χ3n) is 4.42. The van der Waals surface area contributed by atoms with Crippen LogP contribution in [0.2, 0.25) is 0 Å². The molecule has 4 aromatic rings. The van der Waals surface area contributed by atoms with Crippen LogP contribution in [0.3, 0.4) is 0 Å². The predicted octanol–water partition coefficient (Wildman–Crippen LogP) is 3.16. The minimum atomic E-state index is -0.125. The van der Waals surface area contributed by atoms with Crippen LogP contribution in [0.4, 0.5) is 5.82 Å². The van der Waals surface area contributed by atoms with Gasteiger partial charge < -0.3 is 5.32 Å². The van der Waals surface area contributed by atoms with E-state index in [1.165, 1.54) is 11.8 Å². The third kappa shape index (κ3) is 4.57. The molecule has 0 saturated carbocycles. The molecule has 0 atom stereocenters. The van der Waals surface area contributed by atoms with Crippen LogP contribution < -0.4 is 5.32 Å². The molecule has 0 aliphatic carbocycles. The first-order valence-corrected chi connectivity index (χ1v) is 10.4. The molecule has 1 amide bonds. The second kappa shape index (κ2) is 8.91. The first-order valence-electron chi connectivity index (χ1n) is 9.41. The Balaban J connectivity index is 1.54. The summed E-state index contributed by atoms with van der Waals surface area (Å²) in [4.78, 5) is 16.6. The lowest BCUT2D eigenvalue weighted by molar-refractivity contribution is -0.113. The molecule has 0 saturated heterocycles. The summed E-state index contributed by atoms with van der Waals surface area (Å²) in [6.07, 6.45) is 3.49. The molecule has 8 nitrogen and oxygen atoms in total. The van der Waals surface area contributed by atoms with Crippen molar-refractivity contribution < 1.29 is 4.79 Å². The van der Waals surface area contributed by atoms with Gasteiger partial charge in [0.05, 0.1) is 18.0 Å². The first-order chi connectivity index (χ1) is 14.6. The van der Waals surface area contributed by atoms with Crippen LogP contribution in [0.5, 0.6) is 0 Å². The van der Waals surface area contributed by atoms with Gasteiger partial charge >= 0.3 is 0 Å². The van der Waals surface area contributed by atoms with Crippen molar-refractivity contribution in [3.63, 3.8) is 0 Å². The van der Waals surface area contributed by atoms with Gasteiger partial charge in [-0.3, -0.25) is 19.0 Å². The molecule has 4 rings (SSSR count). The summed E-state index contributed by atoms with van der Waals surface area (Å²) < 4.78 is 3.66. The number of hydrogen-bond acceptors (Lipinski definition) is 6. The van der Waals surface area contributed by atoms with Gasteiger partial charge in [0.2, 0.25) is 5.91 Å². The molecular formula is C21H21N7OS. The molecule has 0 fully saturated rings. The Kier molecular flexibility index (Phi) is 5.89. The summed E-state index contributed by atoms with van der Waals surface area (Å²) >= 11 is 1.35. The van der Waals surface area contributed by atoms with Gasteiger partial charge in [-0.1, -0.05) is 42.1 Å². The lowest BCUT2D eigenvalue weighted by Gasteiger charge is -2.10. The average molecular weight is 420 g/mol. The fourth-order valence-electron chi connectivity index (χ4n) is 3.05. The lowest BCUT2D eigenvalue weighted by atomic mass is 10.2. The molecule has 0 unspecified atom stereocenters. The number of carbonyl (C=O) groups excluding carboxylic acids is 1. The maximum atomic E-state index is 12.5. The van der Waals surface area contributed by atoms with Crippen LogP contribution >= 0.6 is 11.8 Å².